The van der Waals surface area contributed by atoms with E-state index in [4.69, 9.17) is 11.6 Å². The maximum absolute atomic E-state index is 13.8. The van der Waals surface area contributed by atoms with Crippen LogP contribution in [0.1, 0.15) is 48.1 Å². The molecule has 2 aliphatic rings. The highest BCUT2D eigenvalue weighted by atomic mass is 35.5. The van der Waals surface area contributed by atoms with E-state index in [1.807, 2.05) is 55.5 Å². The number of rotatable bonds is 4. The van der Waals surface area contributed by atoms with E-state index in [0.29, 0.717) is 22.1 Å². The van der Waals surface area contributed by atoms with Gasteiger partial charge in [-0.2, -0.15) is 5.10 Å². The molecule has 0 bridgehead atoms. The summed E-state index contributed by atoms with van der Waals surface area (Å²) in [5, 5.41) is 8.35. The van der Waals surface area contributed by atoms with Crippen LogP contribution in [0.3, 0.4) is 0 Å². The zero-order chi connectivity index (χ0) is 22.5. The molecular weight excluding hydrogens is 446 g/mol. The molecule has 1 aliphatic heterocycles. The summed E-state index contributed by atoms with van der Waals surface area (Å²) >= 11 is 6.08. The lowest BCUT2D eigenvalue weighted by atomic mass is 9.78. The number of amides is 1. The molecule has 2 aromatic carbocycles. The molecule has 0 unspecified atom stereocenters. The maximum atomic E-state index is 13.8. The second kappa shape index (κ2) is 7.74. The summed E-state index contributed by atoms with van der Waals surface area (Å²) in [5.41, 5.74) is 3.17. The van der Waals surface area contributed by atoms with Crippen LogP contribution in [-0.4, -0.2) is 24.1 Å². The molecule has 1 aliphatic carbocycles. The van der Waals surface area contributed by atoms with Crippen LogP contribution < -0.4 is 5.32 Å². The van der Waals surface area contributed by atoms with Crippen molar-refractivity contribution in [1.29, 1.82) is 0 Å². The average Bonchev–Trinajstić information content (AvgIpc) is 3.44. The van der Waals surface area contributed by atoms with Gasteiger partial charge in [0.1, 0.15) is 5.82 Å². The minimum atomic E-state index is -3.26. The minimum Gasteiger partial charge on any atom is -0.310 e. The van der Waals surface area contributed by atoms with Crippen molar-refractivity contribution in [2.24, 2.45) is 0 Å². The first-order valence-electron chi connectivity index (χ1n) is 10.7. The summed E-state index contributed by atoms with van der Waals surface area (Å²) < 4.78 is 26.3. The summed E-state index contributed by atoms with van der Waals surface area (Å²) in [5.74, 6) is 0.115. The Labute approximate surface area is 192 Å². The normalized spacial score (nSPS) is 18.4. The van der Waals surface area contributed by atoms with Crippen molar-refractivity contribution in [3.63, 3.8) is 0 Å². The standard InChI is InChI=1S/C24H24ClN3O3S/c1-16-6-2-3-7-21(16)28-22(19-14-32(30,31)15-20(19)27-28)26-23(29)24(12-4-5-13-24)17-8-10-18(25)11-9-17/h2-3,6-11H,4-5,12-15H2,1H3,(H,26,29). The number of aryl methyl sites for hydroxylation is 1. The molecule has 1 aromatic heterocycles. The van der Waals surface area contributed by atoms with Gasteiger partial charge >= 0.3 is 0 Å². The van der Waals surface area contributed by atoms with Crippen molar-refractivity contribution in [2.75, 3.05) is 5.32 Å². The number of hydrogen-bond donors (Lipinski definition) is 1. The van der Waals surface area contributed by atoms with Crippen molar-refractivity contribution in [1.82, 2.24) is 9.78 Å². The SMILES string of the molecule is Cc1ccccc1-n1nc2c(c1NC(=O)C1(c3ccc(Cl)cc3)CCCC1)CS(=O)(=O)C2. The fraction of sp³-hybridized carbons (Fsp3) is 0.333. The number of hydrogen-bond acceptors (Lipinski definition) is 4. The molecule has 2 heterocycles. The van der Waals surface area contributed by atoms with Gasteiger partial charge in [0, 0.05) is 10.6 Å². The Balaban J connectivity index is 1.59. The summed E-state index contributed by atoms with van der Waals surface area (Å²) in [6.07, 6.45) is 3.39. The third kappa shape index (κ3) is 3.53. The third-order valence-corrected chi connectivity index (χ3v) is 8.35. The Kier molecular flexibility index (Phi) is 5.13. The zero-order valence-corrected chi connectivity index (χ0v) is 19.3. The van der Waals surface area contributed by atoms with E-state index in [2.05, 4.69) is 10.4 Å². The van der Waals surface area contributed by atoms with Gasteiger partial charge in [0.05, 0.1) is 28.3 Å². The first-order valence-corrected chi connectivity index (χ1v) is 12.9. The van der Waals surface area contributed by atoms with Crippen LogP contribution in [0, 0.1) is 6.92 Å². The smallest absolute Gasteiger partial charge is 0.236 e. The van der Waals surface area contributed by atoms with Gasteiger partial charge in [-0.1, -0.05) is 54.8 Å². The summed E-state index contributed by atoms with van der Waals surface area (Å²) in [6, 6.07) is 15.2. The number of para-hydroxylation sites is 1. The van der Waals surface area contributed by atoms with E-state index in [0.717, 1.165) is 42.5 Å². The molecule has 1 amide bonds. The Bertz CT molecular complexity index is 1310. The first-order chi connectivity index (χ1) is 15.3. The van der Waals surface area contributed by atoms with Crippen LogP contribution in [0.25, 0.3) is 5.69 Å². The quantitative estimate of drug-likeness (QED) is 0.599. The summed E-state index contributed by atoms with van der Waals surface area (Å²) in [6.45, 7) is 1.97. The topological polar surface area (TPSA) is 81.1 Å². The van der Waals surface area contributed by atoms with Crippen LogP contribution in [0.2, 0.25) is 5.02 Å². The molecule has 5 rings (SSSR count). The van der Waals surface area contributed by atoms with Crippen molar-refractivity contribution < 1.29 is 13.2 Å². The molecule has 8 heteroatoms. The number of carbonyl (C=O) groups is 1. The monoisotopic (exact) mass is 469 g/mol. The molecule has 1 N–H and O–H groups in total. The van der Waals surface area contributed by atoms with Gasteiger partial charge in [0.15, 0.2) is 9.84 Å². The van der Waals surface area contributed by atoms with Crippen LogP contribution in [0.4, 0.5) is 5.82 Å². The van der Waals surface area contributed by atoms with Crippen molar-refractivity contribution in [2.45, 2.75) is 49.5 Å². The molecule has 6 nitrogen and oxygen atoms in total. The largest absolute Gasteiger partial charge is 0.310 e. The second-order valence-corrected chi connectivity index (χ2v) is 11.3. The molecular formula is C24H24ClN3O3S. The second-order valence-electron chi connectivity index (χ2n) is 8.75. The van der Waals surface area contributed by atoms with Gasteiger partial charge in [0.25, 0.3) is 0 Å². The van der Waals surface area contributed by atoms with Crippen LogP contribution >= 0.6 is 11.6 Å². The Morgan fingerprint density at radius 2 is 1.75 bits per heavy atom. The number of benzene rings is 2. The number of fused-ring (bicyclic) bond motifs is 1. The highest BCUT2D eigenvalue weighted by Gasteiger charge is 2.44. The Morgan fingerprint density at radius 3 is 2.44 bits per heavy atom. The fourth-order valence-electron chi connectivity index (χ4n) is 4.97. The van der Waals surface area contributed by atoms with E-state index in [1.54, 1.807) is 4.68 Å². The molecule has 3 aromatic rings. The maximum Gasteiger partial charge on any atom is 0.236 e. The van der Waals surface area contributed by atoms with Crippen molar-refractivity contribution >= 4 is 33.2 Å². The van der Waals surface area contributed by atoms with Gasteiger partial charge in [-0.25, -0.2) is 13.1 Å². The predicted octanol–water partition coefficient (Wildman–Crippen LogP) is 4.71. The zero-order valence-electron chi connectivity index (χ0n) is 17.8. The molecule has 0 saturated heterocycles. The third-order valence-electron chi connectivity index (χ3n) is 6.65. The minimum absolute atomic E-state index is 0.105. The van der Waals surface area contributed by atoms with Crippen LogP contribution in [-0.2, 0) is 31.6 Å². The van der Waals surface area contributed by atoms with E-state index < -0.39 is 15.3 Å². The molecule has 0 radical (unpaired) electrons. The number of sulfone groups is 1. The predicted molar refractivity (Wildman–Crippen MR) is 125 cm³/mol. The number of carbonyl (C=O) groups excluding carboxylic acids is 1. The van der Waals surface area contributed by atoms with Crippen LogP contribution in [0.5, 0.6) is 0 Å². The highest BCUT2D eigenvalue weighted by Crippen LogP contribution is 2.43. The Morgan fingerprint density at radius 1 is 1.06 bits per heavy atom. The summed E-state index contributed by atoms with van der Waals surface area (Å²) in [4.78, 5) is 13.8. The van der Waals surface area contributed by atoms with Gasteiger partial charge in [-0.3, -0.25) is 4.79 Å². The van der Waals surface area contributed by atoms with Gasteiger partial charge in [0.2, 0.25) is 5.91 Å². The van der Waals surface area contributed by atoms with Gasteiger partial charge in [-0.15, -0.1) is 0 Å². The highest BCUT2D eigenvalue weighted by molar-refractivity contribution is 7.90. The van der Waals surface area contributed by atoms with E-state index in [1.165, 1.54) is 0 Å². The van der Waals surface area contributed by atoms with E-state index >= 15 is 0 Å². The molecule has 32 heavy (non-hydrogen) atoms. The molecule has 1 saturated carbocycles. The molecule has 166 valence electrons. The number of halogens is 1. The number of aromatic nitrogens is 2. The van der Waals surface area contributed by atoms with E-state index in [-0.39, 0.29) is 17.4 Å². The molecule has 0 spiro atoms. The lowest BCUT2D eigenvalue weighted by molar-refractivity contribution is -0.121. The lowest BCUT2D eigenvalue weighted by Gasteiger charge is -2.29. The van der Waals surface area contributed by atoms with Gasteiger partial charge in [-0.05, 0) is 49.1 Å². The van der Waals surface area contributed by atoms with Crippen molar-refractivity contribution in [3.05, 3.63) is 75.9 Å². The van der Waals surface area contributed by atoms with Crippen molar-refractivity contribution in [3.8, 4) is 5.69 Å². The lowest BCUT2D eigenvalue weighted by Crippen LogP contribution is -2.38. The fourth-order valence-corrected chi connectivity index (χ4v) is 6.59. The Hall–Kier alpha value is -2.64. The van der Waals surface area contributed by atoms with Gasteiger partial charge < -0.3 is 5.32 Å². The average molecular weight is 470 g/mol. The number of nitrogens with one attached hydrogen (secondary N) is 1. The number of nitrogens with zero attached hydrogens (tertiary/aromatic N) is 2. The molecule has 0 atom stereocenters. The molecule has 1 fully saturated rings. The van der Waals surface area contributed by atoms with Crippen LogP contribution in [0.15, 0.2) is 48.5 Å². The number of anilines is 1. The summed E-state index contributed by atoms with van der Waals surface area (Å²) in [7, 11) is -3.26. The first kappa shape index (κ1) is 21.2. The van der Waals surface area contributed by atoms with E-state index in [9.17, 15) is 13.2 Å².